The van der Waals surface area contributed by atoms with E-state index in [4.69, 9.17) is 10.2 Å². The summed E-state index contributed by atoms with van der Waals surface area (Å²) in [5, 5.41) is 16.2. The fourth-order valence-corrected chi connectivity index (χ4v) is 0.600. The molecule has 0 aromatic carbocycles. The van der Waals surface area contributed by atoms with Gasteiger partial charge in [-0.1, -0.05) is 0 Å². The van der Waals surface area contributed by atoms with E-state index in [-0.39, 0.29) is 0 Å². The number of carboxylic acids is 2. The molecule has 0 rings (SSSR count). The molecule has 0 saturated heterocycles. The van der Waals surface area contributed by atoms with Crippen molar-refractivity contribution in [2.75, 3.05) is 13.1 Å². The van der Waals surface area contributed by atoms with Crippen LogP contribution in [0.4, 0.5) is 0 Å². The topological polar surface area (TPSA) is 77.8 Å². The summed E-state index contributed by atoms with van der Waals surface area (Å²) < 4.78 is 0.824. The number of aliphatic carboxylic acids is 2. The van der Waals surface area contributed by atoms with Crippen LogP contribution in [0.15, 0.2) is 0 Å². The maximum atomic E-state index is 9.90. The molecule has 0 radical (unpaired) electrons. The van der Waals surface area contributed by atoms with Crippen molar-refractivity contribution in [2.45, 2.75) is 0 Å². The molecule has 6 heteroatoms. The zero-order valence-electron chi connectivity index (χ0n) is 4.89. The van der Waals surface area contributed by atoms with E-state index in [1.165, 1.54) is 0 Å². The van der Waals surface area contributed by atoms with E-state index >= 15 is 0 Å². The Labute approximate surface area is 65.2 Å². The van der Waals surface area contributed by atoms with Gasteiger partial charge < -0.3 is 0 Å². The van der Waals surface area contributed by atoms with Gasteiger partial charge in [0.05, 0.1) is 0 Å². The average molecular weight is 191 g/mol. The standard InChI is InChI=1S/C4H6NO4.Ni/c6-3(7)1-5-2-4(8)9;/h1-2H2,(H,6,7)(H,8,9);/q-1;+1. The van der Waals surface area contributed by atoms with E-state index in [1.807, 2.05) is 0 Å². The van der Waals surface area contributed by atoms with Gasteiger partial charge in [-0.05, 0) is 0 Å². The molecule has 0 bridgehead atoms. The number of nitrogens with zero attached hydrogens (tertiary/aromatic N) is 1. The van der Waals surface area contributed by atoms with Gasteiger partial charge in [-0.2, -0.15) is 0 Å². The van der Waals surface area contributed by atoms with E-state index in [9.17, 15) is 9.59 Å². The van der Waals surface area contributed by atoms with Crippen molar-refractivity contribution in [2.24, 2.45) is 0 Å². The summed E-state index contributed by atoms with van der Waals surface area (Å²) in [7, 11) is 0. The molecule has 0 spiro atoms. The van der Waals surface area contributed by atoms with E-state index < -0.39 is 25.0 Å². The fourth-order valence-electron chi connectivity index (χ4n) is 0.333. The van der Waals surface area contributed by atoms with Crippen LogP contribution in [-0.2, 0) is 25.3 Å². The first kappa shape index (κ1) is 9.39. The Balaban J connectivity index is 3.53. The predicted octanol–water partition coefficient (Wildman–Crippen LogP) is -1.08. The van der Waals surface area contributed by atoms with Crippen molar-refractivity contribution in [3.63, 3.8) is 0 Å². The molecule has 0 aliphatic heterocycles. The average Bonchev–Trinajstić information content (AvgIpc) is 1.58. The second-order valence-electron chi connectivity index (χ2n) is 1.53. The van der Waals surface area contributed by atoms with Crippen LogP contribution in [-0.4, -0.2) is 39.2 Å². The first-order valence-corrected chi connectivity index (χ1v) is 2.78. The number of carbonyl (C=O) groups is 2. The molecule has 61 valence electrons. The van der Waals surface area contributed by atoms with E-state index in [0.29, 0.717) is 0 Å². The van der Waals surface area contributed by atoms with Gasteiger partial charge >= 0.3 is 64.5 Å². The molecule has 10 heavy (non-hydrogen) atoms. The monoisotopic (exact) mass is 190 g/mol. The molecule has 0 heterocycles. The Kier molecular flexibility index (Phi) is 3.99. The van der Waals surface area contributed by atoms with Gasteiger partial charge in [0.15, 0.2) is 0 Å². The second-order valence-corrected chi connectivity index (χ2v) is 2.15. The molecule has 0 aliphatic carbocycles. The van der Waals surface area contributed by atoms with Crippen LogP contribution in [0.2, 0.25) is 0 Å². The summed E-state index contributed by atoms with van der Waals surface area (Å²) in [6.07, 6.45) is 0. The Bertz CT molecular complexity index is 132. The molecule has 0 aromatic rings. The third-order valence-corrected chi connectivity index (χ3v) is 0.906. The van der Waals surface area contributed by atoms with Gasteiger partial charge in [0.1, 0.15) is 0 Å². The minimum atomic E-state index is -1.12. The van der Waals surface area contributed by atoms with Gasteiger partial charge in [-0.15, -0.1) is 0 Å². The normalized spacial score (nSPS) is 9.90. The van der Waals surface area contributed by atoms with Gasteiger partial charge in [0, 0.05) is 0 Å². The summed E-state index contributed by atoms with van der Waals surface area (Å²) in [4.78, 5) is 19.8. The van der Waals surface area contributed by atoms with E-state index in [0.717, 1.165) is 3.98 Å². The first-order chi connectivity index (χ1) is 4.52. The van der Waals surface area contributed by atoms with Crippen LogP contribution in [0.1, 0.15) is 0 Å². The predicted molar refractivity (Wildman–Crippen MR) is 26.8 cm³/mol. The molecule has 0 unspecified atom stereocenters. The van der Waals surface area contributed by atoms with Crippen LogP contribution in [0.3, 0.4) is 0 Å². The maximum absolute atomic E-state index is 9.90. The Morgan fingerprint density at radius 2 is 1.50 bits per heavy atom. The van der Waals surface area contributed by atoms with Crippen molar-refractivity contribution in [3.05, 3.63) is 0 Å². The van der Waals surface area contributed by atoms with Crippen LogP contribution in [0.25, 0.3) is 0 Å². The van der Waals surface area contributed by atoms with Gasteiger partial charge in [0.25, 0.3) is 0 Å². The molecule has 0 amide bonds. The van der Waals surface area contributed by atoms with Crippen molar-refractivity contribution < 1.29 is 35.5 Å². The second kappa shape index (κ2) is 4.25. The SMILES string of the molecule is O=C(O)C[N]([Ni])CC(=O)O. The van der Waals surface area contributed by atoms with Crippen molar-refractivity contribution >= 4 is 11.9 Å². The van der Waals surface area contributed by atoms with E-state index in [2.05, 4.69) is 15.7 Å². The third-order valence-electron chi connectivity index (χ3n) is 0.594. The Morgan fingerprint density at radius 3 is 1.70 bits per heavy atom. The van der Waals surface area contributed by atoms with Crippen LogP contribution in [0, 0.1) is 0 Å². The molecule has 0 atom stereocenters. The molecular weight excluding hydrogens is 185 g/mol. The van der Waals surface area contributed by atoms with Gasteiger partial charge in [-0.25, -0.2) is 0 Å². The summed E-state index contributed by atoms with van der Waals surface area (Å²) in [6.45, 7) is -0.821. The van der Waals surface area contributed by atoms with Crippen LogP contribution >= 0.6 is 0 Å². The van der Waals surface area contributed by atoms with Crippen molar-refractivity contribution in [3.8, 4) is 0 Å². The first-order valence-electron chi connectivity index (χ1n) is 2.34. The summed E-state index contributed by atoms with van der Waals surface area (Å²) >= 11 is 4.07. The van der Waals surface area contributed by atoms with Crippen LogP contribution < -0.4 is 0 Å². The van der Waals surface area contributed by atoms with Gasteiger partial charge in [0.2, 0.25) is 0 Å². The van der Waals surface area contributed by atoms with E-state index in [1.54, 1.807) is 0 Å². The zero-order chi connectivity index (χ0) is 8.15. The number of hydrogen-bond acceptors (Lipinski definition) is 3. The number of rotatable bonds is 4. The number of carboxylic acid groups (broad SMARTS) is 2. The summed E-state index contributed by atoms with van der Waals surface area (Å²) in [6, 6.07) is 0. The fraction of sp³-hybridized carbons (Fsp3) is 0.500. The molecular formula is C4H6NNiO4. The van der Waals surface area contributed by atoms with Crippen LogP contribution in [0.5, 0.6) is 0 Å². The minimum absolute atomic E-state index is 0.410. The Morgan fingerprint density at radius 1 is 1.20 bits per heavy atom. The van der Waals surface area contributed by atoms with Gasteiger partial charge in [-0.3, -0.25) is 0 Å². The summed E-state index contributed by atoms with van der Waals surface area (Å²) in [5.74, 6) is -2.24. The molecule has 5 nitrogen and oxygen atoms in total. The molecule has 0 saturated carbocycles. The summed E-state index contributed by atoms with van der Waals surface area (Å²) in [5.41, 5.74) is 0. The zero-order valence-corrected chi connectivity index (χ0v) is 5.88. The molecule has 0 aromatic heterocycles. The molecule has 0 fully saturated rings. The number of hydrogen-bond donors (Lipinski definition) is 2. The Hall–Kier alpha value is -0.606. The third kappa shape index (κ3) is 5.53. The molecule has 0 aliphatic rings. The quantitative estimate of drug-likeness (QED) is 0.552. The molecule has 2 N–H and O–H groups in total. The van der Waals surface area contributed by atoms with Crippen molar-refractivity contribution in [1.82, 2.24) is 3.98 Å². The van der Waals surface area contributed by atoms with Crippen molar-refractivity contribution in [1.29, 1.82) is 0 Å².